The summed E-state index contributed by atoms with van der Waals surface area (Å²) in [5, 5.41) is 3.36. The lowest BCUT2D eigenvalue weighted by molar-refractivity contribution is -0.142. The molecule has 5 nitrogen and oxygen atoms in total. The molecule has 2 unspecified atom stereocenters. The van der Waals surface area contributed by atoms with Gasteiger partial charge in [0.15, 0.2) is 0 Å². The summed E-state index contributed by atoms with van der Waals surface area (Å²) in [6.07, 6.45) is 2.47. The molecule has 1 aromatic rings. The highest BCUT2D eigenvalue weighted by Crippen LogP contribution is 2.33. The maximum atomic E-state index is 11.5. The Bertz CT molecular complexity index is 500. The molecule has 0 radical (unpaired) electrons. The van der Waals surface area contributed by atoms with Crippen molar-refractivity contribution in [2.45, 2.75) is 25.3 Å². The van der Waals surface area contributed by atoms with Crippen molar-refractivity contribution in [1.29, 1.82) is 0 Å². The Kier molecular flexibility index (Phi) is 4.61. The van der Waals surface area contributed by atoms with Gasteiger partial charge in [-0.05, 0) is 37.0 Å². The lowest BCUT2D eigenvalue weighted by Crippen LogP contribution is -2.39. The van der Waals surface area contributed by atoms with Gasteiger partial charge in [0.1, 0.15) is 0 Å². The van der Waals surface area contributed by atoms with Crippen molar-refractivity contribution in [2.75, 3.05) is 19.5 Å². The molecule has 0 bridgehead atoms. The molecule has 0 spiro atoms. The van der Waals surface area contributed by atoms with Crippen LogP contribution in [0.2, 0.25) is 0 Å². The van der Waals surface area contributed by atoms with Crippen molar-refractivity contribution < 1.29 is 19.1 Å². The number of methoxy groups -OCH3 is 2. The summed E-state index contributed by atoms with van der Waals surface area (Å²) in [5.41, 5.74) is 1.38. The van der Waals surface area contributed by atoms with Gasteiger partial charge in [-0.1, -0.05) is 6.07 Å². The minimum Gasteiger partial charge on any atom is -0.469 e. The first-order chi connectivity index (χ1) is 9.63. The fourth-order valence-corrected chi connectivity index (χ4v) is 2.37. The van der Waals surface area contributed by atoms with Crippen LogP contribution >= 0.6 is 0 Å². The van der Waals surface area contributed by atoms with Crippen LogP contribution < -0.4 is 5.32 Å². The molecule has 5 heteroatoms. The van der Waals surface area contributed by atoms with Crippen molar-refractivity contribution in [3.8, 4) is 0 Å². The van der Waals surface area contributed by atoms with Gasteiger partial charge in [-0.2, -0.15) is 0 Å². The van der Waals surface area contributed by atoms with Gasteiger partial charge in [-0.15, -0.1) is 0 Å². The quantitative estimate of drug-likeness (QED) is 0.836. The summed E-state index contributed by atoms with van der Waals surface area (Å²) < 4.78 is 9.39. The highest BCUT2D eigenvalue weighted by Gasteiger charge is 2.32. The number of anilines is 1. The molecule has 0 saturated heterocycles. The van der Waals surface area contributed by atoms with Gasteiger partial charge in [0.25, 0.3) is 0 Å². The number of ether oxygens (including phenoxy) is 2. The molecule has 1 aliphatic carbocycles. The molecule has 1 aromatic carbocycles. The second-order valence-corrected chi connectivity index (χ2v) is 4.94. The van der Waals surface area contributed by atoms with Gasteiger partial charge in [-0.25, -0.2) is 4.79 Å². The first-order valence-electron chi connectivity index (χ1n) is 6.65. The van der Waals surface area contributed by atoms with Gasteiger partial charge >= 0.3 is 11.9 Å². The van der Waals surface area contributed by atoms with Crippen LogP contribution in [0.25, 0.3) is 0 Å². The Balaban J connectivity index is 1.96. The first-order valence-corrected chi connectivity index (χ1v) is 6.65. The maximum Gasteiger partial charge on any atom is 0.337 e. The molecule has 0 aliphatic heterocycles. The van der Waals surface area contributed by atoms with E-state index in [9.17, 15) is 9.59 Å². The molecule has 2 rings (SSSR count). The number of hydrogen-bond acceptors (Lipinski definition) is 5. The van der Waals surface area contributed by atoms with E-state index < -0.39 is 0 Å². The normalized spacial score (nSPS) is 20.7. The summed E-state index contributed by atoms with van der Waals surface area (Å²) in [5.74, 6) is -0.234. The molecule has 1 fully saturated rings. The molecule has 1 N–H and O–H groups in total. The van der Waals surface area contributed by atoms with E-state index in [4.69, 9.17) is 9.47 Å². The monoisotopic (exact) mass is 277 g/mol. The van der Waals surface area contributed by atoms with Crippen molar-refractivity contribution >= 4 is 17.6 Å². The van der Waals surface area contributed by atoms with Gasteiger partial charge in [0.2, 0.25) is 0 Å². The second kappa shape index (κ2) is 6.41. The van der Waals surface area contributed by atoms with Crippen LogP contribution in [0.5, 0.6) is 0 Å². The predicted molar refractivity (Wildman–Crippen MR) is 74.5 cm³/mol. The van der Waals surface area contributed by atoms with E-state index in [0.29, 0.717) is 17.9 Å². The zero-order chi connectivity index (χ0) is 14.5. The van der Waals surface area contributed by atoms with E-state index in [0.717, 1.165) is 18.5 Å². The summed E-state index contributed by atoms with van der Waals surface area (Å²) in [6, 6.07) is 7.44. The van der Waals surface area contributed by atoms with Crippen molar-refractivity contribution in [3.05, 3.63) is 29.8 Å². The smallest absolute Gasteiger partial charge is 0.337 e. The summed E-state index contributed by atoms with van der Waals surface area (Å²) >= 11 is 0. The van der Waals surface area contributed by atoms with Gasteiger partial charge in [-0.3, -0.25) is 4.79 Å². The molecule has 0 amide bonds. The fourth-order valence-electron chi connectivity index (χ4n) is 2.37. The Morgan fingerprint density at radius 1 is 1.25 bits per heavy atom. The molecular weight excluding hydrogens is 258 g/mol. The molecule has 0 aromatic heterocycles. The van der Waals surface area contributed by atoms with Gasteiger partial charge in [0, 0.05) is 11.7 Å². The molecular formula is C15H19NO4. The number of hydrogen-bond donors (Lipinski definition) is 1. The van der Waals surface area contributed by atoms with E-state index >= 15 is 0 Å². The Hall–Kier alpha value is -2.04. The molecule has 1 aliphatic rings. The molecule has 1 saturated carbocycles. The maximum absolute atomic E-state index is 11.5. The van der Waals surface area contributed by atoms with E-state index in [1.165, 1.54) is 14.2 Å². The Labute approximate surface area is 118 Å². The van der Waals surface area contributed by atoms with Crippen molar-refractivity contribution in [1.82, 2.24) is 0 Å². The summed E-state index contributed by atoms with van der Waals surface area (Å²) in [7, 11) is 2.77. The standard InChI is InChI=1S/C15H19NO4/c1-19-14(17)9-10-6-7-13(10)16-12-5-3-4-11(8-12)15(18)20-2/h3-5,8,10,13,16H,6-7,9H2,1-2H3. The summed E-state index contributed by atoms with van der Waals surface area (Å²) in [4.78, 5) is 22.8. The zero-order valence-corrected chi connectivity index (χ0v) is 11.7. The number of carbonyl (C=O) groups excluding carboxylic acids is 2. The molecule has 20 heavy (non-hydrogen) atoms. The lowest BCUT2D eigenvalue weighted by Gasteiger charge is -2.37. The number of carbonyl (C=O) groups is 2. The number of benzene rings is 1. The summed E-state index contributed by atoms with van der Waals surface area (Å²) in [6.45, 7) is 0. The lowest BCUT2D eigenvalue weighted by atomic mass is 9.77. The van der Waals surface area contributed by atoms with E-state index in [1.54, 1.807) is 12.1 Å². The average Bonchev–Trinajstić information content (AvgIpc) is 2.48. The Morgan fingerprint density at radius 3 is 2.65 bits per heavy atom. The minimum absolute atomic E-state index is 0.176. The van der Waals surface area contributed by atoms with Crippen molar-refractivity contribution in [2.24, 2.45) is 5.92 Å². The molecule has 2 atom stereocenters. The van der Waals surface area contributed by atoms with E-state index in [2.05, 4.69) is 5.32 Å². The van der Waals surface area contributed by atoms with Gasteiger partial charge in [0.05, 0.1) is 26.2 Å². The highest BCUT2D eigenvalue weighted by molar-refractivity contribution is 5.90. The fraction of sp³-hybridized carbons (Fsp3) is 0.467. The SMILES string of the molecule is COC(=O)CC1CCC1Nc1cccc(C(=O)OC)c1. The van der Waals surface area contributed by atoms with Crippen LogP contribution in [-0.2, 0) is 14.3 Å². The average molecular weight is 277 g/mol. The minimum atomic E-state index is -0.353. The largest absolute Gasteiger partial charge is 0.469 e. The Morgan fingerprint density at radius 2 is 2.05 bits per heavy atom. The van der Waals surface area contributed by atoms with Crippen LogP contribution in [0.15, 0.2) is 24.3 Å². The number of nitrogens with one attached hydrogen (secondary N) is 1. The molecule has 0 heterocycles. The third kappa shape index (κ3) is 3.29. The van der Waals surface area contributed by atoms with E-state index in [-0.39, 0.29) is 18.0 Å². The van der Waals surface area contributed by atoms with Crippen molar-refractivity contribution in [3.63, 3.8) is 0 Å². The van der Waals surface area contributed by atoms with E-state index in [1.807, 2.05) is 12.1 Å². The van der Waals surface area contributed by atoms with Crippen LogP contribution in [0.1, 0.15) is 29.6 Å². The number of rotatable bonds is 5. The van der Waals surface area contributed by atoms with Crippen LogP contribution in [-0.4, -0.2) is 32.2 Å². The third-order valence-corrected chi connectivity index (χ3v) is 3.71. The van der Waals surface area contributed by atoms with Gasteiger partial charge < -0.3 is 14.8 Å². The number of esters is 2. The topological polar surface area (TPSA) is 64.6 Å². The van der Waals surface area contributed by atoms with Crippen LogP contribution in [0.3, 0.4) is 0 Å². The van der Waals surface area contributed by atoms with Crippen LogP contribution in [0.4, 0.5) is 5.69 Å². The van der Waals surface area contributed by atoms with Crippen LogP contribution in [0, 0.1) is 5.92 Å². The zero-order valence-electron chi connectivity index (χ0n) is 11.7. The first kappa shape index (κ1) is 14.4. The third-order valence-electron chi connectivity index (χ3n) is 3.71. The highest BCUT2D eigenvalue weighted by atomic mass is 16.5. The molecule has 108 valence electrons. The predicted octanol–water partition coefficient (Wildman–Crippen LogP) is 2.23. The second-order valence-electron chi connectivity index (χ2n) is 4.94.